The predicted molar refractivity (Wildman–Crippen MR) is 64.8 cm³/mol. The van der Waals surface area contributed by atoms with E-state index in [0.29, 0.717) is 19.4 Å². The highest BCUT2D eigenvalue weighted by molar-refractivity contribution is 5.83. The summed E-state index contributed by atoms with van der Waals surface area (Å²) in [5.41, 5.74) is 0. The number of carbonyl (C=O) groups excluding carboxylic acids is 1. The van der Waals surface area contributed by atoms with Crippen LogP contribution in [0.25, 0.3) is 0 Å². The molecule has 100 valence electrons. The number of unbranched alkanes of at least 4 members (excludes halogenated alkanes) is 2. The van der Waals surface area contributed by atoms with Gasteiger partial charge in [0.25, 0.3) is 0 Å². The molecular weight excluding hydrogens is 222 g/mol. The molecule has 0 aromatic heterocycles. The summed E-state index contributed by atoms with van der Waals surface area (Å²) >= 11 is 0. The van der Waals surface area contributed by atoms with Crippen molar-refractivity contribution in [3.8, 4) is 0 Å². The number of rotatable bonds is 10. The number of carboxylic acids is 1. The minimum Gasteiger partial charge on any atom is -0.480 e. The fraction of sp³-hybridized carbons (Fsp3) is 0.833. The zero-order valence-electron chi connectivity index (χ0n) is 10.7. The highest BCUT2D eigenvalue weighted by Crippen LogP contribution is 2.02. The number of aliphatic carboxylic acids is 1. The minimum absolute atomic E-state index is 0.190. The van der Waals surface area contributed by atoms with Gasteiger partial charge in [-0.05, 0) is 19.3 Å². The van der Waals surface area contributed by atoms with E-state index in [1.807, 2.05) is 6.92 Å². The molecule has 0 aromatic rings. The molecule has 1 unspecified atom stereocenters. The molecule has 2 N–H and O–H groups in total. The molecule has 0 aliphatic carbocycles. The van der Waals surface area contributed by atoms with Crippen LogP contribution in [0.1, 0.15) is 45.4 Å². The number of carbonyl (C=O) groups is 2. The summed E-state index contributed by atoms with van der Waals surface area (Å²) in [6.45, 7) is 2.62. The molecule has 5 nitrogen and oxygen atoms in total. The van der Waals surface area contributed by atoms with Crippen LogP contribution in [0.3, 0.4) is 0 Å². The number of methoxy groups -OCH3 is 1. The fourth-order valence-corrected chi connectivity index (χ4v) is 1.46. The van der Waals surface area contributed by atoms with Crippen LogP contribution < -0.4 is 5.32 Å². The maximum atomic E-state index is 11.5. The Kier molecular flexibility index (Phi) is 9.43. The summed E-state index contributed by atoms with van der Waals surface area (Å²) in [6, 6.07) is -0.745. The van der Waals surface area contributed by atoms with Crippen molar-refractivity contribution in [1.29, 1.82) is 0 Å². The van der Waals surface area contributed by atoms with Gasteiger partial charge in [-0.2, -0.15) is 0 Å². The van der Waals surface area contributed by atoms with E-state index in [1.54, 1.807) is 7.11 Å². The smallest absolute Gasteiger partial charge is 0.326 e. The van der Waals surface area contributed by atoms with Crippen LogP contribution in [0.15, 0.2) is 0 Å². The number of ether oxygens (including phenoxy) is 1. The molecule has 1 atom stereocenters. The number of carboxylic acid groups (broad SMARTS) is 1. The second-order valence-corrected chi connectivity index (χ2v) is 4.05. The minimum atomic E-state index is -0.955. The summed E-state index contributed by atoms with van der Waals surface area (Å²) in [6.07, 6.45) is 4.12. The molecule has 0 spiro atoms. The molecular formula is C12H23NO4. The van der Waals surface area contributed by atoms with Crippen molar-refractivity contribution in [2.75, 3.05) is 13.7 Å². The summed E-state index contributed by atoms with van der Waals surface area (Å²) in [7, 11) is 1.62. The lowest BCUT2D eigenvalue weighted by Gasteiger charge is -2.13. The lowest BCUT2D eigenvalue weighted by atomic mass is 10.1. The first-order valence-electron chi connectivity index (χ1n) is 6.13. The Bertz CT molecular complexity index is 231. The first-order valence-corrected chi connectivity index (χ1v) is 6.13. The standard InChI is InChI=1S/C12H23NO4/c1-3-4-7-10(12(15)16)13-11(14)8-5-6-9-17-2/h10H,3-9H2,1-2H3,(H,13,14)(H,15,16). The first kappa shape index (κ1) is 15.9. The van der Waals surface area contributed by atoms with Gasteiger partial charge in [-0.1, -0.05) is 19.8 Å². The molecule has 0 bridgehead atoms. The Morgan fingerprint density at radius 3 is 2.53 bits per heavy atom. The topological polar surface area (TPSA) is 75.6 Å². The van der Waals surface area contributed by atoms with Crippen molar-refractivity contribution in [3.05, 3.63) is 0 Å². The van der Waals surface area contributed by atoms with Crippen LogP contribution >= 0.6 is 0 Å². The van der Waals surface area contributed by atoms with Gasteiger partial charge < -0.3 is 15.2 Å². The van der Waals surface area contributed by atoms with Gasteiger partial charge in [-0.15, -0.1) is 0 Å². The van der Waals surface area contributed by atoms with Crippen LogP contribution in [0.4, 0.5) is 0 Å². The highest BCUT2D eigenvalue weighted by atomic mass is 16.5. The van der Waals surface area contributed by atoms with Crippen molar-refractivity contribution in [2.24, 2.45) is 0 Å². The van der Waals surface area contributed by atoms with Crippen LogP contribution in [0.5, 0.6) is 0 Å². The molecule has 0 aliphatic heterocycles. The molecule has 1 amide bonds. The van der Waals surface area contributed by atoms with Crippen LogP contribution in [0.2, 0.25) is 0 Å². The monoisotopic (exact) mass is 245 g/mol. The Balaban J connectivity index is 3.83. The third-order valence-electron chi connectivity index (χ3n) is 2.48. The summed E-state index contributed by atoms with van der Waals surface area (Å²) in [5.74, 6) is -1.15. The zero-order chi connectivity index (χ0) is 13.1. The van der Waals surface area contributed by atoms with E-state index in [1.165, 1.54) is 0 Å². The number of nitrogens with one attached hydrogen (secondary N) is 1. The molecule has 17 heavy (non-hydrogen) atoms. The van der Waals surface area contributed by atoms with Crippen LogP contribution in [-0.4, -0.2) is 36.7 Å². The molecule has 0 rings (SSSR count). The first-order chi connectivity index (χ1) is 8.11. The van der Waals surface area contributed by atoms with Gasteiger partial charge in [0.15, 0.2) is 0 Å². The third kappa shape index (κ3) is 8.68. The Morgan fingerprint density at radius 2 is 2.00 bits per heavy atom. The molecule has 0 radical (unpaired) electrons. The molecule has 0 saturated heterocycles. The molecule has 0 aromatic carbocycles. The van der Waals surface area contributed by atoms with Gasteiger partial charge in [0.2, 0.25) is 5.91 Å². The molecule has 0 heterocycles. The number of hydrogen-bond donors (Lipinski definition) is 2. The number of hydrogen-bond acceptors (Lipinski definition) is 3. The second-order valence-electron chi connectivity index (χ2n) is 4.05. The van der Waals surface area contributed by atoms with Crippen LogP contribution in [0, 0.1) is 0 Å². The van der Waals surface area contributed by atoms with Crippen molar-refractivity contribution >= 4 is 11.9 Å². The van der Waals surface area contributed by atoms with Crippen LogP contribution in [-0.2, 0) is 14.3 Å². The third-order valence-corrected chi connectivity index (χ3v) is 2.48. The van der Waals surface area contributed by atoms with Gasteiger partial charge in [0.05, 0.1) is 0 Å². The van der Waals surface area contributed by atoms with Gasteiger partial charge in [0.1, 0.15) is 6.04 Å². The van der Waals surface area contributed by atoms with Gasteiger partial charge in [-0.3, -0.25) is 4.79 Å². The van der Waals surface area contributed by atoms with Gasteiger partial charge >= 0.3 is 5.97 Å². The predicted octanol–water partition coefficient (Wildman–Crippen LogP) is 1.56. The average molecular weight is 245 g/mol. The van der Waals surface area contributed by atoms with E-state index >= 15 is 0 Å². The van der Waals surface area contributed by atoms with E-state index in [0.717, 1.165) is 25.7 Å². The van der Waals surface area contributed by atoms with E-state index in [-0.39, 0.29) is 5.91 Å². The van der Waals surface area contributed by atoms with E-state index in [4.69, 9.17) is 9.84 Å². The SMILES string of the molecule is CCCCC(NC(=O)CCCCOC)C(=O)O. The fourth-order valence-electron chi connectivity index (χ4n) is 1.46. The highest BCUT2D eigenvalue weighted by Gasteiger charge is 2.18. The lowest BCUT2D eigenvalue weighted by Crippen LogP contribution is -2.40. The Morgan fingerprint density at radius 1 is 1.29 bits per heavy atom. The van der Waals surface area contributed by atoms with Crippen molar-refractivity contribution in [3.63, 3.8) is 0 Å². The van der Waals surface area contributed by atoms with Crippen molar-refractivity contribution < 1.29 is 19.4 Å². The normalized spacial score (nSPS) is 12.1. The average Bonchev–Trinajstić information content (AvgIpc) is 2.29. The van der Waals surface area contributed by atoms with Gasteiger partial charge in [-0.25, -0.2) is 4.79 Å². The van der Waals surface area contributed by atoms with Crippen molar-refractivity contribution in [1.82, 2.24) is 5.32 Å². The van der Waals surface area contributed by atoms with E-state index in [2.05, 4.69) is 5.32 Å². The molecule has 0 aliphatic rings. The number of amides is 1. The molecule has 5 heteroatoms. The quantitative estimate of drug-likeness (QED) is 0.573. The summed E-state index contributed by atoms with van der Waals surface area (Å²) in [4.78, 5) is 22.4. The maximum absolute atomic E-state index is 11.5. The Hall–Kier alpha value is -1.10. The second kappa shape index (κ2) is 10.1. The summed E-state index contributed by atoms with van der Waals surface area (Å²) in [5, 5.41) is 11.5. The lowest BCUT2D eigenvalue weighted by molar-refractivity contribution is -0.142. The molecule has 0 saturated carbocycles. The largest absolute Gasteiger partial charge is 0.480 e. The zero-order valence-corrected chi connectivity index (χ0v) is 10.7. The molecule has 0 fully saturated rings. The summed E-state index contributed by atoms with van der Waals surface area (Å²) < 4.78 is 4.87. The Labute approximate surface area is 103 Å². The van der Waals surface area contributed by atoms with Gasteiger partial charge in [0, 0.05) is 20.1 Å². The van der Waals surface area contributed by atoms with E-state index in [9.17, 15) is 9.59 Å². The maximum Gasteiger partial charge on any atom is 0.326 e. The van der Waals surface area contributed by atoms with Crippen molar-refractivity contribution in [2.45, 2.75) is 51.5 Å². The van der Waals surface area contributed by atoms with E-state index < -0.39 is 12.0 Å².